The van der Waals surface area contributed by atoms with E-state index in [0.717, 1.165) is 31.2 Å². The predicted molar refractivity (Wildman–Crippen MR) is 141 cm³/mol. The molecule has 2 aromatic carbocycles. The number of carbonyl (C=O) groups excluding carboxylic acids is 1. The molecule has 4 aromatic rings. The molecule has 2 heterocycles. The van der Waals surface area contributed by atoms with Crippen molar-refractivity contribution in [3.8, 4) is 11.4 Å². The Kier molecular flexibility index (Phi) is 6.80. The minimum atomic E-state index is -1.03. The molecule has 2 aromatic heterocycles. The van der Waals surface area contributed by atoms with E-state index in [9.17, 15) is 14.4 Å². The number of benzene rings is 2. The van der Waals surface area contributed by atoms with E-state index in [2.05, 4.69) is 5.32 Å². The molecular formula is C26H23N3O5S2. The molecule has 184 valence electrons. The second-order valence-electron chi connectivity index (χ2n) is 8.34. The highest BCUT2D eigenvalue weighted by Crippen LogP contribution is 2.35. The monoisotopic (exact) mass is 521 g/mol. The Morgan fingerprint density at radius 3 is 2.53 bits per heavy atom. The Morgan fingerprint density at radius 2 is 1.83 bits per heavy atom. The van der Waals surface area contributed by atoms with Crippen LogP contribution in [0.3, 0.4) is 0 Å². The molecule has 36 heavy (non-hydrogen) atoms. The van der Waals surface area contributed by atoms with Crippen LogP contribution in [-0.2, 0) is 17.6 Å². The number of carboxylic acid groups (broad SMARTS) is 1. The highest BCUT2D eigenvalue weighted by Gasteiger charge is 2.23. The lowest BCUT2D eigenvalue weighted by Crippen LogP contribution is -2.23. The molecule has 1 amide bonds. The van der Waals surface area contributed by atoms with Gasteiger partial charge in [0.2, 0.25) is 5.91 Å². The molecular weight excluding hydrogens is 498 g/mol. The number of thioether (sulfide) groups is 1. The normalized spacial score (nSPS) is 12.8. The number of fused-ring (bicyclic) bond motifs is 3. The number of carbonyl (C=O) groups is 2. The highest BCUT2D eigenvalue weighted by atomic mass is 32.2. The number of hydrogen-bond acceptors (Lipinski definition) is 7. The number of thiophene rings is 1. The van der Waals surface area contributed by atoms with Gasteiger partial charge in [-0.05, 0) is 79.8 Å². The molecule has 1 aliphatic carbocycles. The van der Waals surface area contributed by atoms with Crippen LogP contribution in [0.2, 0.25) is 0 Å². The fourth-order valence-corrected chi connectivity index (χ4v) is 6.38. The van der Waals surface area contributed by atoms with Crippen molar-refractivity contribution in [2.24, 2.45) is 0 Å². The lowest BCUT2D eigenvalue weighted by molar-refractivity contribution is -0.113. The number of amides is 1. The van der Waals surface area contributed by atoms with Gasteiger partial charge in [-0.25, -0.2) is 9.78 Å². The quantitative estimate of drug-likeness (QED) is 0.266. The highest BCUT2D eigenvalue weighted by molar-refractivity contribution is 7.99. The van der Waals surface area contributed by atoms with Gasteiger partial charge in [0.15, 0.2) is 5.16 Å². The van der Waals surface area contributed by atoms with E-state index in [1.54, 1.807) is 59.4 Å². The molecule has 1 aliphatic rings. The van der Waals surface area contributed by atoms with Gasteiger partial charge < -0.3 is 15.2 Å². The van der Waals surface area contributed by atoms with E-state index in [4.69, 9.17) is 14.8 Å². The Hall–Kier alpha value is -3.63. The summed E-state index contributed by atoms with van der Waals surface area (Å²) in [5.74, 6) is -0.614. The van der Waals surface area contributed by atoms with Gasteiger partial charge in [-0.1, -0.05) is 11.8 Å². The van der Waals surface area contributed by atoms with Gasteiger partial charge in [0, 0.05) is 10.6 Å². The maximum absolute atomic E-state index is 13.8. The summed E-state index contributed by atoms with van der Waals surface area (Å²) >= 11 is 2.76. The maximum Gasteiger partial charge on any atom is 0.335 e. The third-order valence-corrected chi connectivity index (χ3v) is 8.16. The average molecular weight is 522 g/mol. The fourth-order valence-electron chi connectivity index (χ4n) is 4.27. The van der Waals surface area contributed by atoms with Crippen molar-refractivity contribution in [3.05, 3.63) is 74.9 Å². The van der Waals surface area contributed by atoms with Crippen LogP contribution in [0.25, 0.3) is 15.9 Å². The van der Waals surface area contributed by atoms with Gasteiger partial charge >= 0.3 is 5.97 Å². The first-order valence-corrected chi connectivity index (χ1v) is 13.2. The van der Waals surface area contributed by atoms with Crippen molar-refractivity contribution < 1.29 is 19.4 Å². The Bertz CT molecular complexity index is 1510. The molecule has 0 aliphatic heterocycles. The smallest absolute Gasteiger partial charge is 0.335 e. The number of nitrogens with one attached hydrogen (secondary N) is 1. The number of nitrogens with zero attached hydrogens (tertiary/aromatic N) is 2. The molecule has 8 nitrogen and oxygen atoms in total. The fraction of sp³-hybridized carbons (Fsp3) is 0.231. The van der Waals surface area contributed by atoms with Crippen molar-refractivity contribution in [1.29, 1.82) is 0 Å². The van der Waals surface area contributed by atoms with Crippen molar-refractivity contribution >= 4 is 50.9 Å². The van der Waals surface area contributed by atoms with Crippen LogP contribution in [0, 0.1) is 0 Å². The molecule has 0 atom stereocenters. The zero-order valence-corrected chi connectivity index (χ0v) is 21.1. The first kappa shape index (κ1) is 24.1. The molecule has 2 N–H and O–H groups in total. The molecule has 10 heteroatoms. The van der Waals surface area contributed by atoms with Crippen LogP contribution in [-0.4, -0.2) is 39.4 Å². The van der Waals surface area contributed by atoms with Crippen LogP contribution in [0.1, 0.15) is 33.6 Å². The number of methoxy groups -OCH3 is 1. The summed E-state index contributed by atoms with van der Waals surface area (Å²) in [6.45, 7) is 0. The van der Waals surface area contributed by atoms with Crippen LogP contribution >= 0.6 is 23.1 Å². The number of aromatic nitrogens is 2. The number of aromatic carboxylic acids is 1. The topological polar surface area (TPSA) is 111 Å². The van der Waals surface area contributed by atoms with E-state index in [1.807, 2.05) is 0 Å². The van der Waals surface area contributed by atoms with Gasteiger partial charge in [0.25, 0.3) is 5.56 Å². The van der Waals surface area contributed by atoms with Gasteiger partial charge in [0.05, 0.1) is 29.5 Å². The summed E-state index contributed by atoms with van der Waals surface area (Å²) in [7, 11) is 1.58. The zero-order chi connectivity index (χ0) is 25.2. The summed E-state index contributed by atoms with van der Waals surface area (Å²) in [5.41, 5.74) is 2.27. The maximum atomic E-state index is 13.8. The SMILES string of the molecule is COc1ccc(-n2c(SCC(=O)Nc3ccc(C(=O)O)cc3)nc3sc4c(c3c2=O)CCCC4)cc1. The Balaban J connectivity index is 1.47. The molecule has 0 fully saturated rings. The van der Waals surface area contributed by atoms with E-state index in [1.165, 1.54) is 28.8 Å². The number of ether oxygens (including phenoxy) is 1. The van der Waals surface area contributed by atoms with E-state index in [0.29, 0.717) is 32.5 Å². The van der Waals surface area contributed by atoms with Crippen LogP contribution < -0.4 is 15.6 Å². The van der Waals surface area contributed by atoms with E-state index < -0.39 is 5.97 Å². The number of anilines is 1. The molecule has 0 radical (unpaired) electrons. The summed E-state index contributed by atoms with van der Waals surface area (Å²) in [6, 6.07) is 13.1. The second kappa shape index (κ2) is 10.2. The minimum absolute atomic E-state index is 0.0277. The van der Waals surface area contributed by atoms with Crippen molar-refractivity contribution in [1.82, 2.24) is 9.55 Å². The summed E-state index contributed by atoms with van der Waals surface area (Å²) in [5, 5.41) is 12.9. The number of aryl methyl sites for hydroxylation is 2. The van der Waals surface area contributed by atoms with Crippen LogP contribution in [0.15, 0.2) is 58.5 Å². The second-order valence-corrected chi connectivity index (χ2v) is 10.4. The van der Waals surface area contributed by atoms with Gasteiger partial charge in [-0.3, -0.25) is 14.2 Å². The number of hydrogen-bond donors (Lipinski definition) is 2. The standard InChI is InChI=1S/C26H23N3O5S2/c1-34-18-12-10-17(11-13-18)29-24(31)22-19-4-2-3-5-20(19)36-23(22)28-26(29)35-14-21(30)27-16-8-6-15(7-9-16)25(32)33/h6-13H,2-5,14H2,1H3,(H,27,30)(H,32,33). The van der Waals surface area contributed by atoms with Crippen LogP contribution in [0.5, 0.6) is 5.75 Å². The Morgan fingerprint density at radius 1 is 1.11 bits per heavy atom. The molecule has 0 spiro atoms. The summed E-state index contributed by atoms with van der Waals surface area (Å²) < 4.78 is 6.83. The number of carboxylic acids is 1. The van der Waals surface area contributed by atoms with Gasteiger partial charge in [-0.15, -0.1) is 11.3 Å². The summed E-state index contributed by atoms with van der Waals surface area (Å²) in [6.07, 6.45) is 4.01. The minimum Gasteiger partial charge on any atom is -0.497 e. The third kappa shape index (κ3) is 4.74. The van der Waals surface area contributed by atoms with Gasteiger partial charge in [-0.2, -0.15) is 0 Å². The van der Waals surface area contributed by atoms with E-state index >= 15 is 0 Å². The first-order valence-electron chi connectivity index (χ1n) is 11.4. The number of rotatable bonds is 7. The lowest BCUT2D eigenvalue weighted by Gasteiger charge is -2.14. The van der Waals surface area contributed by atoms with Crippen LogP contribution in [0.4, 0.5) is 5.69 Å². The summed E-state index contributed by atoms with van der Waals surface area (Å²) in [4.78, 5) is 44.3. The molecule has 0 saturated heterocycles. The zero-order valence-electron chi connectivity index (χ0n) is 19.4. The molecule has 0 unspecified atom stereocenters. The van der Waals surface area contributed by atoms with E-state index in [-0.39, 0.29) is 22.8 Å². The molecule has 0 saturated carbocycles. The molecule has 5 rings (SSSR count). The predicted octanol–water partition coefficient (Wildman–Crippen LogP) is 4.76. The van der Waals surface area contributed by atoms with Gasteiger partial charge in [0.1, 0.15) is 10.6 Å². The Labute approximate surface area is 214 Å². The largest absolute Gasteiger partial charge is 0.497 e. The van der Waals surface area contributed by atoms with Crippen molar-refractivity contribution in [3.63, 3.8) is 0 Å². The third-order valence-electron chi connectivity index (χ3n) is 6.04. The van der Waals surface area contributed by atoms with Crippen molar-refractivity contribution in [2.75, 3.05) is 18.2 Å². The average Bonchev–Trinajstić information content (AvgIpc) is 3.26. The lowest BCUT2D eigenvalue weighted by atomic mass is 9.97. The molecule has 0 bridgehead atoms. The van der Waals surface area contributed by atoms with Crippen molar-refractivity contribution in [2.45, 2.75) is 30.8 Å². The first-order chi connectivity index (χ1) is 17.4.